The van der Waals surface area contributed by atoms with Crippen molar-refractivity contribution in [1.29, 1.82) is 0 Å². The Morgan fingerprint density at radius 1 is 0.963 bits per heavy atom. The number of nitrogens with one attached hydrogen (secondary N) is 1. The summed E-state index contributed by atoms with van der Waals surface area (Å²) < 4.78 is 28.4. The fourth-order valence-corrected chi connectivity index (χ4v) is 4.02. The Bertz CT molecular complexity index is 563. The van der Waals surface area contributed by atoms with Crippen LogP contribution in [0.1, 0.15) is 50.2 Å². The highest BCUT2D eigenvalue weighted by molar-refractivity contribution is 5.54. The van der Waals surface area contributed by atoms with Crippen molar-refractivity contribution in [2.24, 2.45) is 5.92 Å². The summed E-state index contributed by atoms with van der Waals surface area (Å²) in [7, 11) is 4.87. The number of benzene rings is 1. The van der Waals surface area contributed by atoms with Crippen molar-refractivity contribution in [3.8, 4) is 17.2 Å². The van der Waals surface area contributed by atoms with E-state index in [0.29, 0.717) is 17.2 Å². The Balaban J connectivity index is 1.48. The van der Waals surface area contributed by atoms with Crippen LogP contribution in [0, 0.1) is 5.92 Å². The summed E-state index contributed by atoms with van der Waals surface area (Å²) in [5.41, 5.74) is 1.03. The van der Waals surface area contributed by atoms with Crippen LogP contribution in [0.5, 0.6) is 17.2 Å². The fourth-order valence-electron chi connectivity index (χ4n) is 4.02. The van der Waals surface area contributed by atoms with Gasteiger partial charge in [0.15, 0.2) is 17.8 Å². The van der Waals surface area contributed by atoms with Crippen LogP contribution in [0.3, 0.4) is 0 Å². The highest BCUT2D eigenvalue weighted by atomic mass is 16.7. The van der Waals surface area contributed by atoms with Crippen LogP contribution in [0.4, 0.5) is 0 Å². The smallest absolute Gasteiger partial charge is 0.203 e. The highest BCUT2D eigenvalue weighted by Crippen LogP contribution is 2.43. The molecule has 0 spiro atoms. The molecule has 2 atom stereocenters. The first kappa shape index (κ1) is 20.2. The van der Waals surface area contributed by atoms with Crippen molar-refractivity contribution in [1.82, 2.24) is 5.32 Å². The molecular formula is C21H33NO5. The Kier molecular flexibility index (Phi) is 7.61. The molecule has 0 bridgehead atoms. The molecule has 0 radical (unpaired) electrons. The lowest BCUT2D eigenvalue weighted by molar-refractivity contribution is -0.135. The van der Waals surface area contributed by atoms with Gasteiger partial charge in [-0.2, -0.15) is 0 Å². The van der Waals surface area contributed by atoms with E-state index in [1.807, 2.05) is 12.1 Å². The maximum atomic E-state index is 6.13. The van der Waals surface area contributed by atoms with Crippen LogP contribution in [0.15, 0.2) is 12.1 Å². The summed E-state index contributed by atoms with van der Waals surface area (Å²) in [5, 5.41) is 3.42. The van der Waals surface area contributed by atoms with Gasteiger partial charge in [0.2, 0.25) is 5.75 Å². The minimum atomic E-state index is -0.123. The van der Waals surface area contributed by atoms with Crippen LogP contribution in [0.25, 0.3) is 0 Å². The van der Waals surface area contributed by atoms with Gasteiger partial charge >= 0.3 is 0 Å². The van der Waals surface area contributed by atoms with E-state index in [9.17, 15) is 0 Å². The zero-order chi connectivity index (χ0) is 19.1. The largest absolute Gasteiger partial charge is 0.493 e. The molecule has 1 aromatic carbocycles. The maximum Gasteiger partial charge on any atom is 0.203 e. The molecule has 6 nitrogen and oxygen atoms in total. The van der Waals surface area contributed by atoms with Crippen molar-refractivity contribution in [3.63, 3.8) is 0 Å². The maximum absolute atomic E-state index is 6.13. The second kappa shape index (κ2) is 10.2. The molecule has 2 aliphatic heterocycles. The molecule has 2 aliphatic rings. The standard InChI is InChI=1S/C21H33NO5/c1-23-18-13-16(14-19(24-2)21(18)25-3)17-6-7-20(27-17)26-12-4-5-15-8-10-22-11-9-15/h13-15,17,20,22H,4-12H2,1-3H3. The van der Waals surface area contributed by atoms with Gasteiger partial charge < -0.3 is 29.0 Å². The number of methoxy groups -OCH3 is 3. The van der Waals surface area contributed by atoms with Crippen molar-refractivity contribution in [3.05, 3.63) is 17.7 Å². The summed E-state index contributed by atoms with van der Waals surface area (Å²) >= 11 is 0. The van der Waals surface area contributed by atoms with E-state index in [4.69, 9.17) is 23.7 Å². The number of hydrogen-bond donors (Lipinski definition) is 1. The summed E-state index contributed by atoms with van der Waals surface area (Å²) in [5.74, 6) is 2.77. The van der Waals surface area contributed by atoms with Crippen LogP contribution < -0.4 is 19.5 Å². The zero-order valence-corrected chi connectivity index (χ0v) is 16.8. The minimum Gasteiger partial charge on any atom is -0.493 e. The van der Waals surface area contributed by atoms with E-state index in [1.54, 1.807) is 21.3 Å². The molecule has 2 saturated heterocycles. The molecule has 1 aromatic rings. The average molecular weight is 379 g/mol. The number of ether oxygens (including phenoxy) is 5. The lowest BCUT2D eigenvalue weighted by atomic mass is 9.93. The van der Waals surface area contributed by atoms with E-state index < -0.39 is 0 Å². The predicted octanol–water partition coefficient (Wildman–Crippen LogP) is 3.69. The van der Waals surface area contributed by atoms with Gasteiger partial charge in [-0.15, -0.1) is 0 Å². The molecule has 0 aliphatic carbocycles. The van der Waals surface area contributed by atoms with Gasteiger partial charge in [-0.05, 0) is 68.8 Å². The predicted molar refractivity (Wildman–Crippen MR) is 104 cm³/mol. The van der Waals surface area contributed by atoms with Crippen molar-refractivity contribution in [2.45, 2.75) is 50.9 Å². The summed E-state index contributed by atoms with van der Waals surface area (Å²) in [6.45, 7) is 3.10. The van der Waals surface area contributed by atoms with Gasteiger partial charge in [0, 0.05) is 13.0 Å². The van der Waals surface area contributed by atoms with Crippen molar-refractivity contribution >= 4 is 0 Å². The normalized spacial score (nSPS) is 23.4. The quantitative estimate of drug-likeness (QED) is 0.661. The Hall–Kier alpha value is -1.50. The Morgan fingerprint density at radius 2 is 1.67 bits per heavy atom. The van der Waals surface area contributed by atoms with Crippen LogP contribution in [-0.2, 0) is 9.47 Å². The molecule has 0 saturated carbocycles. The van der Waals surface area contributed by atoms with Crippen molar-refractivity contribution in [2.75, 3.05) is 41.0 Å². The Morgan fingerprint density at radius 3 is 2.30 bits per heavy atom. The third kappa shape index (κ3) is 5.27. The van der Waals surface area contributed by atoms with Gasteiger partial charge in [-0.25, -0.2) is 0 Å². The molecule has 2 unspecified atom stereocenters. The molecule has 2 heterocycles. The van der Waals surface area contributed by atoms with E-state index >= 15 is 0 Å². The van der Waals surface area contributed by atoms with E-state index in [1.165, 1.54) is 19.3 Å². The molecular weight excluding hydrogens is 346 g/mol. The summed E-state index contributed by atoms with van der Waals surface area (Å²) in [4.78, 5) is 0. The molecule has 27 heavy (non-hydrogen) atoms. The molecule has 0 amide bonds. The Labute approximate surface area is 162 Å². The van der Waals surface area contributed by atoms with Gasteiger partial charge in [0.25, 0.3) is 0 Å². The van der Waals surface area contributed by atoms with Gasteiger partial charge in [0.1, 0.15) is 0 Å². The average Bonchev–Trinajstić information content (AvgIpc) is 3.19. The van der Waals surface area contributed by atoms with E-state index in [0.717, 1.165) is 50.4 Å². The zero-order valence-electron chi connectivity index (χ0n) is 16.8. The first-order valence-electron chi connectivity index (χ1n) is 10.0. The number of piperidine rings is 1. The van der Waals surface area contributed by atoms with E-state index in [-0.39, 0.29) is 12.4 Å². The van der Waals surface area contributed by atoms with Gasteiger partial charge in [-0.1, -0.05) is 0 Å². The van der Waals surface area contributed by atoms with Crippen LogP contribution in [0.2, 0.25) is 0 Å². The molecule has 152 valence electrons. The minimum absolute atomic E-state index is 0.00637. The second-order valence-corrected chi connectivity index (χ2v) is 7.30. The molecule has 0 aromatic heterocycles. The van der Waals surface area contributed by atoms with Crippen LogP contribution >= 0.6 is 0 Å². The topological polar surface area (TPSA) is 58.2 Å². The fraction of sp³-hybridized carbons (Fsp3) is 0.714. The van der Waals surface area contributed by atoms with Crippen LogP contribution in [-0.4, -0.2) is 47.3 Å². The SMILES string of the molecule is COc1cc(C2CCC(OCCCC3CCNCC3)O2)cc(OC)c1OC. The van der Waals surface area contributed by atoms with Gasteiger partial charge in [-0.3, -0.25) is 0 Å². The summed E-state index contributed by atoms with van der Waals surface area (Å²) in [6, 6.07) is 3.93. The molecule has 2 fully saturated rings. The first-order valence-corrected chi connectivity index (χ1v) is 10.0. The first-order chi connectivity index (χ1) is 13.2. The third-order valence-corrected chi connectivity index (χ3v) is 5.56. The third-order valence-electron chi connectivity index (χ3n) is 5.56. The summed E-state index contributed by atoms with van der Waals surface area (Å²) in [6.07, 6.45) is 6.66. The van der Waals surface area contributed by atoms with Crippen molar-refractivity contribution < 1.29 is 23.7 Å². The van der Waals surface area contributed by atoms with Gasteiger partial charge in [0.05, 0.1) is 27.4 Å². The molecule has 6 heteroatoms. The lowest BCUT2D eigenvalue weighted by Crippen LogP contribution is -2.27. The monoisotopic (exact) mass is 379 g/mol. The molecule has 3 rings (SSSR count). The second-order valence-electron chi connectivity index (χ2n) is 7.30. The van der Waals surface area contributed by atoms with E-state index in [2.05, 4.69) is 5.32 Å². The number of rotatable bonds is 9. The highest BCUT2D eigenvalue weighted by Gasteiger charge is 2.29. The number of hydrogen-bond acceptors (Lipinski definition) is 6. The lowest BCUT2D eigenvalue weighted by Gasteiger charge is -2.22. The molecule has 1 N–H and O–H groups in total.